The van der Waals surface area contributed by atoms with Crippen molar-refractivity contribution in [2.75, 3.05) is 5.73 Å². The molecule has 0 fully saturated rings. The number of aromatic nitrogens is 1. The van der Waals surface area contributed by atoms with Crippen LogP contribution < -0.4 is 16.2 Å². The third-order valence-electron chi connectivity index (χ3n) is 1.92. The highest BCUT2D eigenvalue weighted by Gasteiger charge is 2.32. The van der Waals surface area contributed by atoms with E-state index in [4.69, 9.17) is 16.7 Å². The number of nitrogen functional groups attached to an aromatic ring is 1. The minimum atomic E-state index is -4.85. The SMILES string of the molecule is N#CCc1c(CN)cc(OC(F)(F)F)nc1N. The molecule has 0 amide bonds. The highest BCUT2D eigenvalue weighted by Crippen LogP contribution is 2.26. The average Bonchev–Trinajstić information content (AvgIpc) is 2.19. The Morgan fingerprint density at radius 2 is 2.12 bits per heavy atom. The van der Waals surface area contributed by atoms with Crippen LogP contribution in [-0.2, 0) is 13.0 Å². The molecule has 0 saturated heterocycles. The van der Waals surface area contributed by atoms with Crippen LogP contribution in [0.3, 0.4) is 0 Å². The molecule has 4 N–H and O–H groups in total. The largest absolute Gasteiger partial charge is 0.574 e. The van der Waals surface area contributed by atoms with Crippen molar-refractivity contribution in [1.29, 1.82) is 5.26 Å². The fourth-order valence-electron chi connectivity index (χ4n) is 1.26. The Hall–Kier alpha value is -2.01. The normalized spacial score (nSPS) is 11.0. The number of nitrogens with zero attached hydrogens (tertiary/aromatic N) is 2. The Bertz CT molecular complexity index is 453. The van der Waals surface area contributed by atoms with E-state index in [9.17, 15) is 13.2 Å². The van der Waals surface area contributed by atoms with Gasteiger partial charge < -0.3 is 16.2 Å². The summed E-state index contributed by atoms with van der Waals surface area (Å²) < 4.78 is 39.5. The van der Waals surface area contributed by atoms with Gasteiger partial charge in [0.15, 0.2) is 0 Å². The summed E-state index contributed by atoms with van der Waals surface area (Å²) in [6.45, 7) is -0.0576. The maximum absolute atomic E-state index is 12.0. The fourth-order valence-corrected chi connectivity index (χ4v) is 1.26. The molecule has 5 nitrogen and oxygen atoms in total. The molecule has 1 rings (SSSR count). The van der Waals surface area contributed by atoms with Gasteiger partial charge in [0.25, 0.3) is 0 Å². The molecule has 0 bridgehead atoms. The molecular formula is C9H9F3N4O. The Labute approximate surface area is 94.8 Å². The summed E-state index contributed by atoms with van der Waals surface area (Å²) in [5, 5.41) is 8.53. The van der Waals surface area contributed by atoms with Crippen LogP contribution in [0.1, 0.15) is 11.1 Å². The van der Waals surface area contributed by atoms with Crippen LogP contribution in [0.15, 0.2) is 6.07 Å². The van der Waals surface area contributed by atoms with Crippen molar-refractivity contribution < 1.29 is 17.9 Å². The van der Waals surface area contributed by atoms with Crippen LogP contribution >= 0.6 is 0 Å². The smallest absolute Gasteiger partial charge is 0.388 e. The van der Waals surface area contributed by atoms with Crippen LogP contribution in [0.4, 0.5) is 19.0 Å². The minimum absolute atomic E-state index is 0.0576. The lowest BCUT2D eigenvalue weighted by Gasteiger charge is -2.12. The number of alkyl halides is 3. The Balaban J connectivity index is 3.14. The topological polar surface area (TPSA) is 98.0 Å². The molecule has 0 radical (unpaired) electrons. The number of pyridine rings is 1. The monoisotopic (exact) mass is 246 g/mol. The van der Waals surface area contributed by atoms with Crippen molar-refractivity contribution >= 4 is 5.82 Å². The first kappa shape index (κ1) is 13.1. The van der Waals surface area contributed by atoms with E-state index < -0.39 is 12.2 Å². The number of hydrogen-bond donors (Lipinski definition) is 2. The first-order valence-electron chi connectivity index (χ1n) is 4.48. The van der Waals surface area contributed by atoms with E-state index in [2.05, 4.69) is 9.72 Å². The molecular weight excluding hydrogens is 237 g/mol. The van der Waals surface area contributed by atoms with Crippen LogP contribution in [0.2, 0.25) is 0 Å². The van der Waals surface area contributed by atoms with E-state index in [1.54, 1.807) is 0 Å². The van der Waals surface area contributed by atoms with Crippen LogP contribution in [0.25, 0.3) is 0 Å². The van der Waals surface area contributed by atoms with E-state index in [1.807, 2.05) is 6.07 Å². The van der Waals surface area contributed by atoms with Crippen molar-refractivity contribution in [2.45, 2.75) is 19.3 Å². The van der Waals surface area contributed by atoms with E-state index in [-0.39, 0.29) is 18.8 Å². The number of nitrogens with two attached hydrogens (primary N) is 2. The molecule has 0 aliphatic rings. The zero-order valence-electron chi connectivity index (χ0n) is 8.58. The fraction of sp³-hybridized carbons (Fsp3) is 0.333. The molecule has 0 saturated carbocycles. The second kappa shape index (κ2) is 4.88. The lowest BCUT2D eigenvalue weighted by molar-refractivity contribution is -0.276. The molecule has 0 atom stereocenters. The summed E-state index contributed by atoms with van der Waals surface area (Å²) in [6.07, 6.45) is -4.92. The summed E-state index contributed by atoms with van der Waals surface area (Å²) in [5.74, 6) is -0.870. The van der Waals surface area contributed by atoms with E-state index in [1.165, 1.54) is 0 Å². The van der Waals surface area contributed by atoms with Gasteiger partial charge >= 0.3 is 6.36 Å². The van der Waals surface area contributed by atoms with Crippen molar-refractivity contribution in [3.63, 3.8) is 0 Å². The maximum Gasteiger partial charge on any atom is 0.574 e. The predicted octanol–water partition coefficient (Wildman–Crippen LogP) is 1.09. The van der Waals surface area contributed by atoms with Gasteiger partial charge in [-0.3, -0.25) is 0 Å². The summed E-state index contributed by atoms with van der Waals surface area (Å²) in [6, 6.07) is 2.85. The third kappa shape index (κ3) is 3.49. The molecule has 0 aliphatic heterocycles. The van der Waals surface area contributed by atoms with Crippen molar-refractivity contribution in [1.82, 2.24) is 4.98 Å². The number of halogens is 3. The highest BCUT2D eigenvalue weighted by molar-refractivity contribution is 5.49. The summed E-state index contributed by atoms with van der Waals surface area (Å²) >= 11 is 0. The van der Waals surface area contributed by atoms with Crippen molar-refractivity contribution in [3.8, 4) is 11.9 Å². The number of hydrogen-bond acceptors (Lipinski definition) is 5. The first-order valence-corrected chi connectivity index (χ1v) is 4.48. The molecule has 17 heavy (non-hydrogen) atoms. The number of ether oxygens (including phenoxy) is 1. The van der Waals surface area contributed by atoms with Crippen LogP contribution in [-0.4, -0.2) is 11.3 Å². The standard InChI is InChI=1S/C9H9F3N4O/c10-9(11,12)17-7-3-5(4-14)6(1-2-13)8(15)16-7/h3H,1,4,14H2,(H2,15,16). The number of rotatable bonds is 3. The van der Waals surface area contributed by atoms with Gasteiger partial charge in [0.2, 0.25) is 5.88 Å². The second-order valence-corrected chi connectivity index (χ2v) is 3.07. The summed E-state index contributed by atoms with van der Waals surface area (Å²) in [5.41, 5.74) is 11.4. The van der Waals surface area contributed by atoms with Gasteiger partial charge in [-0.25, -0.2) is 0 Å². The molecule has 8 heteroatoms. The van der Waals surface area contributed by atoms with Gasteiger partial charge in [-0.05, 0) is 5.56 Å². The van der Waals surface area contributed by atoms with Gasteiger partial charge in [-0.1, -0.05) is 0 Å². The number of anilines is 1. The lowest BCUT2D eigenvalue weighted by Crippen LogP contribution is -2.19. The van der Waals surface area contributed by atoms with Gasteiger partial charge in [0.05, 0.1) is 12.5 Å². The summed E-state index contributed by atoms with van der Waals surface area (Å²) in [7, 11) is 0. The Kier molecular flexibility index (Phi) is 3.75. The molecule has 0 aliphatic carbocycles. The molecule has 0 unspecified atom stereocenters. The maximum atomic E-state index is 12.0. The third-order valence-corrected chi connectivity index (χ3v) is 1.92. The van der Waals surface area contributed by atoms with Crippen LogP contribution in [0, 0.1) is 11.3 Å². The van der Waals surface area contributed by atoms with Gasteiger partial charge in [-0.2, -0.15) is 10.2 Å². The quantitative estimate of drug-likeness (QED) is 0.831. The molecule has 1 aromatic rings. The molecule has 0 aromatic carbocycles. The van der Waals surface area contributed by atoms with Crippen molar-refractivity contribution in [2.24, 2.45) is 5.73 Å². The molecule has 1 heterocycles. The molecule has 0 spiro atoms. The zero-order chi connectivity index (χ0) is 13.1. The van der Waals surface area contributed by atoms with Crippen molar-refractivity contribution in [3.05, 3.63) is 17.2 Å². The van der Waals surface area contributed by atoms with Gasteiger partial charge in [-0.15, -0.1) is 13.2 Å². The second-order valence-electron chi connectivity index (χ2n) is 3.07. The van der Waals surface area contributed by atoms with E-state index in [0.717, 1.165) is 6.07 Å². The van der Waals surface area contributed by atoms with E-state index >= 15 is 0 Å². The van der Waals surface area contributed by atoms with Gasteiger partial charge in [0, 0.05) is 18.2 Å². The Morgan fingerprint density at radius 1 is 1.47 bits per heavy atom. The highest BCUT2D eigenvalue weighted by atomic mass is 19.4. The predicted molar refractivity (Wildman–Crippen MR) is 52.5 cm³/mol. The first-order chi connectivity index (χ1) is 7.87. The Morgan fingerprint density at radius 3 is 2.59 bits per heavy atom. The molecule has 1 aromatic heterocycles. The van der Waals surface area contributed by atoms with Crippen LogP contribution in [0.5, 0.6) is 5.88 Å². The van der Waals surface area contributed by atoms with Gasteiger partial charge in [0.1, 0.15) is 5.82 Å². The molecule has 92 valence electrons. The average molecular weight is 246 g/mol. The lowest BCUT2D eigenvalue weighted by atomic mass is 10.1. The number of nitriles is 1. The summed E-state index contributed by atoms with van der Waals surface area (Å²) in [4.78, 5) is 3.41. The zero-order valence-corrected chi connectivity index (χ0v) is 8.58. The van der Waals surface area contributed by atoms with E-state index in [0.29, 0.717) is 11.1 Å². The minimum Gasteiger partial charge on any atom is -0.388 e.